The number of halogens is 1. The van der Waals surface area contributed by atoms with Crippen LogP contribution in [0.1, 0.15) is 6.92 Å². The van der Waals surface area contributed by atoms with Crippen molar-refractivity contribution in [2.75, 3.05) is 18.5 Å². The van der Waals surface area contributed by atoms with Gasteiger partial charge in [-0.3, -0.25) is 10.1 Å². The molecule has 7 nitrogen and oxygen atoms in total. The van der Waals surface area contributed by atoms with Crippen LogP contribution in [-0.2, 0) is 4.79 Å². The van der Waals surface area contributed by atoms with Gasteiger partial charge in [-0.15, -0.1) is 5.10 Å². The van der Waals surface area contributed by atoms with E-state index in [9.17, 15) is 9.18 Å². The highest BCUT2D eigenvalue weighted by atomic mass is 19.1. The van der Waals surface area contributed by atoms with Gasteiger partial charge in [0.25, 0.3) is 5.91 Å². The SMILES string of the molecule is CCOc1ccc(OCC(=O)Nc2nnc(-c3cccc(F)c3)o2)cc1. The average Bonchev–Trinajstić information content (AvgIpc) is 3.10. The standard InChI is InChI=1S/C18H16FN3O4/c1-2-24-14-6-8-15(9-7-14)25-11-16(23)20-18-22-21-17(26-18)12-4-3-5-13(19)10-12/h3-10H,2,11H2,1H3,(H,20,22,23). The minimum Gasteiger partial charge on any atom is -0.494 e. The molecule has 8 heteroatoms. The van der Waals surface area contributed by atoms with E-state index in [0.717, 1.165) is 5.75 Å². The first-order chi connectivity index (χ1) is 12.6. The molecule has 0 fully saturated rings. The van der Waals surface area contributed by atoms with Crippen LogP contribution in [0.15, 0.2) is 52.9 Å². The van der Waals surface area contributed by atoms with Crippen molar-refractivity contribution in [1.82, 2.24) is 10.2 Å². The number of ether oxygens (including phenoxy) is 2. The quantitative estimate of drug-likeness (QED) is 0.698. The lowest BCUT2D eigenvalue weighted by atomic mass is 10.2. The smallest absolute Gasteiger partial charge is 0.322 e. The number of amides is 1. The number of nitrogens with one attached hydrogen (secondary N) is 1. The normalized spacial score (nSPS) is 10.4. The fourth-order valence-electron chi connectivity index (χ4n) is 2.11. The highest BCUT2D eigenvalue weighted by Gasteiger charge is 2.12. The van der Waals surface area contributed by atoms with E-state index in [-0.39, 0.29) is 18.5 Å². The van der Waals surface area contributed by atoms with Crippen molar-refractivity contribution in [2.24, 2.45) is 0 Å². The van der Waals surface area contributed by atoms with Crippen LogP contribution < -0.4 is 14.8 Å². The molecule has 2 aromatic carbocycles. The van der Waals surface area contributed by atoms with Crippen molar-refractivity contribution in [3.63, 3.8) is 0 Å². The topological polar surface area (TPSA) is 86.5 Å². The molecule has 3 aromatic rings. The molecule has 0 aliphatic rings. The Kier molecular flexibility index (Phi) is 5.43. The molecular formula is C18H16FN3O4. The van der Waals surface area contributed by atoms with Gasteiger partial charge in [-0.2, -0.15) is 0 Å². The van der Waals surface area contributed by atoms with Gasteiger partial charge < -0.3 is 13.9 Å². The Labute approximate surface area is 148 Å². The van der Waals surface area contributed by atoms with Crippen LogP contribution in [0.3, 0.4) is 0 Å². The minimum atomic E-state index is -0.465. The highest BCUT2D eigenvalue weighted by Crippen LogP contribution is 2.20. The van der Waals surface area contributed by atoms with Crippen LogP contribution in [0.2, 0.25) is 0 Å². The molecule has 0 aliphatic heterocycles. The van der Waals surface area contributed by atoms with E-state index >= 15 is 0 Å². The molecule has 0 bridgehead atoms. The predicted molar refractivity (Wildman–Crippen MR) is 91.4 cm³/mol. The first-order valence-corrected chi connectivity index (χ1v) is 7.89. The van der Waals surface area contributed by atoms with E-state index in [1.54, 1.807) is 30.3 Å². The van der Waals surface area contributed by atoms with Gasteiger partial charge in [0, 0.05) is 5.56 Å². The minimum absolute atomic E-state index is 0.0930. The Hall–Kier alpha value is -3.42. The summed E-state index contributed by atoms with van der Waals surface area (Å²) in [6.07, 6.45) is 0. The van der Waals surface area contributed by atoms with Crippen molar-refractivity contribution in [2.45, 2.75) is 6.92 Å². The lowest BCUT2D eigenvalue weighted by Crippen LogP contribution is -2.20. The van der Waals surface area contributed by atoms with Crippen LogP contribution >= 0.6 is 0 Å². The maximum atomic E-state index is 13.2. The number of nitrogens with zero attached hydrogens (tertiary/aromatic N) is 2. The van der Waals surface area contributed by atoms with E-state index in [2.05, 4.69) is 15.5 Å². The van der Waals surface area contributed by atoms with Crippen LogP contribution in [0.4, 0.5) is 10.4 Å². The number of hydrogen-bond acceptors (Lipinski definition) is 6. The zero-order valence-corrected chi connectivity index (χ0v) is 13.9. The Bertz CT molecular complexity index is 880. The Morgan fingerprint density at radius 3 is 2.54 bits per heavy atom. The number of rotatable bonds is 7. The maximum Gasteiger partial charge on any atom is 0.322 e. The van der Waals surface area contributed by atoms with E-state index < -0.39 is 11.7 Å². The zero-order chi connectivity index (χ0) is 18.4. The maximum absolute atomic E-state index is 13.2. The number of carbonyl (C=O) groups excluding carboxylic acids is 1. The molecule has 1 heterocycles. The molecule has 1 aromatic heterocycles. The van der Waals surface area contributed by atoms with Crippen molar-refractivity contribution in [1.29, 1.82) is 0 Å². The molecule has 1 amide bonds. The van der Waals surface area contributed by atoms with Gasteiger partial charge in [0.15, 0.2) is 6.61 Å². The third-order valence-corrected chi connectivity index (χ3v) is 3.25. The molecule has 1 N–H and O–H groups in total. The summed E-state index contributed by atoms with van der Waals surface area (Å²) in [6, 6.07) is 12.5. The van der Waals surface area contributed by atoms with E-state index in [4.69, 9.17) is 13.9 Å². The van der Waals surface area contributed by atoms with Crippen molar-refractivity contribution in [3.8, 4) is 23.0 Å². The van der Waals surface area contributed by atoms with Gasteiger partial charge in [-0.1, -0.05) is 11.2 Å². The summed E-state index contributed by atoms with van der Waals surface area (Å²) in [5.74, 6) is 0.463. The zero-order valence-electron chi connectivity index (χ0n) is 13.9. The lowest BCUT2D eigenvalue weighted by Gasteiger charge is -2.07. The summed E-state index contributed by atoms with van der Waals surface area (Å²) in [5, 5.41) is 9.91. The Morgan fingerprint density at radius 2 is 1.85 bits per heavy atom. The van der Waals surface area contributed by atoms with Crippen LogP contribution in [-0.4, -0.2) is 29.3 Å². The molecule has 0 unspecified atom stereocenters. The lowest BCUT2D eigenvalue weighted by molar-refractivity contribution is -0.118. The molecule has 134 valence electrons. The van der Waals surface area contributed by atoms with Crippen LogP contribution in [0.25, 0.3) is 11.5 Å². The van der Waals surface area contributed by atoms with Crippen molar-refractivity contribution >= 4 is 11.9 Å². The van der Waals surface area contributed by atoms with Gasteiger partial charge in [-0.05, 0) is 49.4 Å². The van der Waals surface area contributed by atoms with Crippen molar-refractivity contribution in [3.05, 3.63) is 54.3 Å². The molecule has 0 aliphatic carbocycles. The Balaban J connectivity index is 1.53. The second-order valence-electron chi connectivity index (χ2n) is 5.16. The number of benzene rings is 2. The summed E-state index contributed by atoms with van der Waals surface area (Å²) in [6.45, 7) is 2.24. The highest BCUT2D eigenvalue weighted by molar-refractivity contribution is 5.89. The second kappa shape index (κ2) is 8.11. The third kappa shape index (κ3) is 4.56. The summed E-state index contributed by atoms with van der Waals surface area (Å²) < 4.78 is 29.2. The van der Waals surface area contributed by atoms with Crippen molar-refractivity contribution < 1.29 is 23.1 Å². The van der Waals surface area contributed by atoms with Gasteiger partial charge in [-0.25, -0.2) is 4.39 Å². The van der Waals surface area contributed by atoms with E-state index in [1.165, 1.54) is 18.2 Å². The molecule has 3 rings (SSSR count). The fraction of sp³-hybridized carbons (Fsp3) is 0.167. The largest absolute Gasteiger partial charge is 0.494 e. The number of hydrogen-bond donors (Lipinski definition) is 1. The summed E-state index contributed by atoms with van der Waals surface area (Å²) >= 11 is 0. The van der Waals surface area contributed by atoms with E-state index in [1.807, 2.05) is 6.92 Å². The Morgan fingerprint density at radius 1 is 1.12 bits per heavy atom. The molecule has 26 heavy (non-hydrogen) atoms. The number of anilines is 1. The molecule has 0 radical (unpaired) electrons. The molecule has 0 spiro atoms. The fourth-order valence-corrected chi connectivity index (χ4v) is 2.11. The van der Waals surface area contributed by atoms with Gasteiger partial charge in [0.1, 0.15) is 17.3 Å². The third-order valence-electron chi connectivity index (χ3n) is 3.25. The predicted octanol–water partition coefficient (Wildman–Crippen LogP) is 3.29. The molecule has 0 saturated carbocycles. The van der Waals surface area contributed by atoms with Crippen LogP contribution in [0.5, 0.6) is 11.5 Å². The summed E-state index contributed by atoms with van der Waals surface area (Å²) in [4.78, 5) is 11.9. The summed E-state index contributed by atoms with van der Waals surface area (Å²) in [7, 11) is 0. The van der Waals surface area contributed by atoms with Crippen LogP contribution in [0, 0.1) is 5.82 Å². The molecular weight excluding hydrogens is 341 g/mol. The monoisotopic (exact) mass is 357 g/mol. The number of aromatic nitrogens is 2. The number of carbonyl (C=O) groups is 1. The molecule has 0 atom stereocenters. The van der Waals surface area contributed by atoms with E-state index in [0.29, 0.717) is 17.9 Å². The average molecular weight is 357 g/mol. The van der Waals surface area contributed by atoms with Gasteiger partial charge in [0.05, 0.1) is 6.61 Å². The molecule has 0 saturated heterocycles. The van der Waals surface area contributed by atoms with Gasteiger partial charge >= 0.3 is 6.01 Å². The van der Waals surface area contributed by atoms with Gasteiger partial charge in [0.2, 0.25) is 5.89 Å². The summed E-state index contributed by atoms with van der Waals surface area (Å²) in [5.41, 5.74) is 0.420. The first-order valence-electron chi connectivity index (χ1n) is 7.89. The first kappa shape index (κ1) is 17.4. The second-order valence-corrected chi connectivity index (χ2v) is 5.16.